The third kappa shape index (κ3) is 3.64. The van der Waals surface area contributed by atoms with Crippen LogP contribution < -0.4 is 14.8 Å². The summed E-state index contributed by atoms with van der Waals surface area (Å²) in [6, 6.07) is 13.3. The van der Waals surface area contributed by atoms with Crippen LogP contribution in [0.5, 0.6) is 11.5 Å². The van der Waals surface area contributed by atoms with Gasteiger partial charge in [0.1, 0.15) is 23.2 Å². The fraction of sp³-hybridized carbons (Fsp3) is 0.238. The van der Waals surface area contributed by atoms with Gasteiger partial charge in [0.05, 0.1) is 19.7 Å². The molecule has 0 unspecified atom stereocenters. The van der Waals surface area contributed by atoms with Crippen LogP contribution in [0.3, 0.4) is 0 Å². The number of aliphatic carboxylic acids is 1. The summed E-state index contributed by atoms with van der Waals surface area (Å²) < 4.78 is 12.4. The number of nitrogens with one attached hydrogen (secondary N) is 1. The molecule has 2 N–H and O–H groups in total. The number of carbonyl (C=O) groups excluding carboxylic acids is 1. The van der Waals surface area contributed by atoms with Crippen molar-refractivity contribution in [3.05, 3.63) is 59.8 Å². The van der Waals surface area contributed by atoms with E-state index in [1.807, 2.05) is 30.3 Å². The molecule has 0 saturated heterocycles. The van der Waals surface area contributed by atoms with E-state index >= 15 is 0 Å². The van der Waals surface area contributed by atoms with Gasteiger partial charge in [-0.25, -0.2) is 4.79 Å². The molecule has 0 radical (unpaired) electrons. The van der Waals surface area contributed by atoms with E-state index in [1.165, 1.54) is 0 Å². The summed E-state index contributed by atoms with van der Waals surface area (Å²) >= 11 is 0. The first-order chi connectivity index (χ1) is 13.5. The molecule has 28 heavy (non-hydrogen) atoms. The van der Waals surface area contributed by atoms with Crippen LogP contribution in [-0.4, -0.2) is 41.8 Å². The lowest BCUT2D eigenvalue weighted by molar-refractivity contribution is -0.139. The molecule has 1 aromatic heterocycles. The van der Waals surface area contributed by atoms with Crippen molar-refractivity contribution in [1.82, 2.24) is 9.88 Å². The molecule has 1 amide bonds. The van der Waals surface area contributed by atoms with E-state index in [1.54, 1.807) is 44.0 Å². The van der Waals surface area contributed by atoms with E-state index in [0.29, 0.717) is 28.1 Å². The highest BCUT2D eigenvalue weighted by atomic mass is 16.5. The number of amides is 1. The van der Waals surface area contributed by atoms with Crippen LogP contribution in [0, 0.1) is 0 Å². The van der Waals surface area contributed by atoms with Crippen molar-refractivity contribution < 1.29 is 24.2 Å². The van der Waals surface area contributed by atoms with Gasteiger partial charge in [0.2, 0.25) is 0 Å². The van der Waals surface area contributed by atoms with Crippen molar-refractivity contribution in [2.24, 2.45) is 7.05 Å². The highest BCUT2D eigenvalue weighted by Crippen LogP contribution is 2.35. The van der Waals surface area contributed by atoms with E-state index in [4.69, 9.17) is 9.47 Å². The van der Waals surface area contributed by atoms with E-state index in [0.717, 1.165) is 5.56 Å². The number of rotatable bonds is 7. The van der Waals surface area contributed by atoms with Crippen LogP contribution in [0.1, 0.15) is 16.1 Å². The predicted molar refractivity (Wildman–Crippen MR) is 105 cm³/mol. The standard InChI is InChI=1S/C21H22N2O5/c1-23-16(12-14-17(27-2)9-10-18(28-3)19(14)23)20(24)22-15(21(25)26)11-13-7-5-4-6-8-13/h4-10,12,15H,11H2,1-3H3,(H,22,24)(H,25,26)/t15-/m0/s1. The summed E-state index contributed by atoms with van der Waals surface area (Å²) in [5.74, 6) is -0.377. The maximum Gasteiger partial charge on any atom is 0.326 e. The highest BCUT2D eigenvalue weighted by Gasteiger charge is 2.24. The molecule has 3 aromatic rings. The largest absolute Gasteiger partial charge is 0.496 e. The molecule has 0 spiro atoms. The van der Waals surface area contributed by atoms with Gasteiger partial charge in [0.15, 0.2) is 0 Å². The number of aryl methyl sites for hydroxylation is 1. The topological polar surface area (TPSA) is 89.8 Å². The number of carbonyl (C=O) groups is 2. The Kier molecular flexibility index (Phi) is 5.54. The zero-order chi connectivity index (χ0) is 20.3. The number of aromatic nitrogens is 1. The fourth-order valence-corrected chi connectivity index (χ4v) is 3.25. The van der Waals surface area contributed by atoms with E-state index in [9.17, 15) is 14.7 Å². The molecule has 0 aliphatic heterocycles. The van der Waals surface area contributed by atoms with Crippen LogP contribution in [0.15, 0.2) is 48.5 Å². The Morgan fingerprint density at radius 3 is 2.32 bits per heavy atom. The maximum absolute atomic E-state index is 12.9. The summed E-state index contributed by atoms with van der Waals surface area (Å²) in [7, 11) is 4.83. The first kappa shape index (κ1) is 19.3. The minimum Gasteiger partial charge on any atom is -0.496 e. The molecule has 0 aliphatic rings. The Morgan fingerprint density at radius 2 is 1.71 bits per heavy atom. The summed E-state index contributed by atoms with van der Waals surface area (Å²) in [5, 5.41) is 12.9. The third-order valence-electron chi connectivity index (χ3n) is 4.68. The lowest BCUT2D eigenvalue weighted by Crippen LogP contribution is -2.42. The highest BCUT2D eigenvalue weighted by molar-refractivity contribution is 6.03. The number of nitrogens with zero attached hydrogens (tertiary/aromatic N) is 1. The number of hydrogen-bond acceptors (Lipinski definition) is 4. The molecule has 0 fully saturated rings. The minimum absolute atomic E-state index is 0.193. The minimum atomic E-state index is -1.09. The van der Waals surface area contributed by atoms with E-state index in [-0.39, 0.29) is 6.42 Å². The van der Waals surface area contributed by atoms with Crippen molar-refractivity contribution in [2.45, 2.75) is 12.5 Å². The summed E-state index contributed by atoms with van der Waals surface area (Å²) in [4.78, 5) is 24.5. The summed E-state index contributed by atoms with van der Waals surface area (Å²) in [6.45, 7) is 0. The molecule has 0 bridgehead atoms. The van der Waals surface area contributed by atoms with Crippen LogP contribution in [0.25, 0.3) is 10.9 Å². The second-order valence-corrected chi connectivity index (χ2v) is 6.37. The van der Waals surface area contributed by atoms with Crippen LogP contribution in [-0.2, 0) is 18.3 Å². The van der Waals surface area contributed by atoms with Crippen LogP contribution >= 0.6 is 0 Å². The Bertz CT molecular complexity index is 1010. The Balaban J connectivity index is 1.94. The quantitative estimate of drug-likeness (QED) is 0.656. The lowest BCUT2D eigenvalue weighted by Gasteiger charge is -2.15. The fourth-order valence-electron chi connectivity index (χ4n) is 3.25. The van der Waals surface area contributed by atoms with E-state index < -0.39 is 17.9 Å². The van der Waals surface area contributed by atoms with Gasteiger partial charge in [-0.15, -0.1) is 0 Å². The molecule has 0 aliphatic carbocycles. The molecule has 1 heterocycles. The first-order valence-electron chi connectivity index (χ1n) is 8.74. The maximum atomic E-state index is 12.9. The van der Waals surface area contributed by atoms with E-state index in [2.05, 4.69) is 5.32 Å². The summed E-state index contributed by atoms with van der Waals surface area (Å²) in [5.41, 5.74) is 1.84. The van der Waals surface area contributed by atoms with Gasteiger partial charge in [-0.3, -0.25) is 4.79 Å². The van der Waals surface area contributed by atoms with Crippen molar-refractivity contribution in [3.8, 4) is 11.5 Å². The second-order valence-electron chi connectivity index (χ2n) is 6.37. The molecular formula is C21H22N2O5. The smallest absolute Gasteiger partial charge is 0.326 e. The molecule has 3 rings (SSSR count). The average Bonchev–Trinajstić information content (AvgIpc) is 3.05. The second kappa shape index (κ2) is 8.04. The van der Waals surface area contributed by atoms with Gasteiger partial charge in [0.25, 0.3) is 5.91 Å². The average molecular weight is 382 g/mol. The van der Waals surface area contributed by atoms with Gasteiger partial charge in [-0.1, -0.05) is 30.3 Å². The number of carboxylic acid groups (broad SMARTS) is 1. The number of ether oxygens (including phenoxy) is 2. The zero-order valence-electron chi connectivity index (χ0n) is 15.9. The van der Waals surface area contributed by atoms with Crippen molar-refractivity contribution >= 4 is 22.8 Å². The SMILES string of the molecule is COc1ccc(OC)c2c1cc(C(=O)N[C@@H](Cc1ccccc1)C(=O)O)n2C. The number of hydrogen-bond donors (Lipinski definition) is 2. The number of fused-ring (bicyclic) bond motifs is 1. The molecule has 7 nitrogen and oxygen atoms in total. The Morgan fingerprint density at radius 1 is 1.07 bits per heavy atom. The molecule has 2 aromatic carbocycles. The summed E-state index contributed by atoms with van der Waals surface area (Å²) in [6.07, 6.45) is 0.193. The predicted octanol–water partition coefficient (Wildman–Crippen LogP) is 2.62. The Labute approximate surface area is 162 Å². The monoisotopic (exact) mass is 382 g/mol. The van der Waals surface area contributed by atoms with Crippen LogP contribution in [0.2, 0.25) is 0 Å². The Hall–Kier alpha value is -3.48. The number of methoxy groups -OCH3 is 2. The zero-order valence-corrected chi connectivity index (χ0v) is 15.9. The first-order valence-corrected chi connectivity index (χ1v) is 8.74. The molecular weight excluding hydrogens is 360 g/mol. The van der Waals surface area contributed by atoms with Gasteiger partial charge in [0, 0.05) is 18.9 Å². The van der Waals surface area contributed by atoms with Gasteiger partial charge < -0.3 is 24.5 Å². The molecule has 0 saturated carbocycles. The van der Waals surface area contributed by atoms with Crippen LogP contribution in [0.4, 0.5) is 0 Å². The number of benzene rings is 2. The van der Waals surface area contributed by atoms with Crippen molar-refractivity contribution in [2.75, 3.05) is 14.2 Å². The molecule has 146 valence electrons. The third-order valence-corrected chi connectivity index (χ3v) is 4.68. The normalized spacial score (nSPS) is 11.8. The van der Waals surface area contributed by atoms with Gasteiger partial charge in [-0.05, 0) is 23.8 Å². The van der Waals surface area contributed by atoms with Crippen molar-refractivity contribution in [1.29, 1.82) is 0 Å². The van der Waals surface area contributed by atoms with Crippen molar-refractivity contribution in [3.63, 3.8) is 0 Å². The van der Waals surface area contributed by atoms with Gasteiger partial charge >= 0.3 is 5.97 Å². The lowest BCUT2D eigenvalue weighted by atomic mass is 10.1. The number of carboxylic acids is 1. The van der Waals surface area contributed by atoms with Gasteiger partial charge in [-0.2, -0.15) is 0 Å². The molecule has 7 heteroatoms. The molecule has 1 atom stereocenters.